The molecule has 245 valence electrons. The minimum absolute atomic E-state index is 0.140. The number of alkyl carbamates (subject to hydrolysis) is 1. The lowest BCUT2D eigenvalue weighted by molar-refractivity contribution is -0.141. The van der Waals surface area contributed by atoms with Crippen LogP contribution in [0.5, 0.6) is 11.5 Å². The molecule has 0 unspecified atom stereocenters. The van der Waals surface area contributed by atoms with Crippen LogP contribution in [0.3, 0.4) is 0 Å². The van der Waals surface area contributed by atoms with Crippen LogP contribution in [0, 0.1) is 6.07 Å². The summed E-state index contributed by atoms with van der Waals surface area (Å²) in [6.07, 6.45) is 2.09. The molecule has 1 aliphatic carbocycles. The van der Waals surface area contributed by atoms with Gasteiger partial charge in [-0.2, -0.15) is 0 Å². The molecule has 3 aromatic carbocycles. The second kappa shape index (κ2) is 14.7. The summed E-state index contributed by atoms with van der Waals surface area (Å²) in [5, 5.41) is 2.82. The molecule has 1 atom stereocenters. The van der Waals surface area contributed by atoms with Crippen LogP contribution in [0.15, 0.2) is 60.7 Å². The summed E-state index contributed by atoms with van der Waals surface area (Å²) in [5.41, 5.74) is 3.19. The Balaban J connectivity index is 1.57. The van der Waals surface area contributed by atoms with E-state index in [1.807, 2.05) is 44.2 Å². The van der Waals surface area contributed by atoms with Crippen LogP contribution in [0.2, 0.25) is 0 Å². The molecule has 0 saturated carbocycles. The molecule has 4 rings (SSSR count). The van der Waals surface area contributed by atoms with Crippen molar-refractivity contribution >= 4 is 23.7 Å². The van der Waals surface area contributed by atoms with Gasteiger partial charge in [0, 0.05) is 11.6 Å². The van der Waals surface area contributed by atoms with Crippen molar-refractivity contribution in [2.75, 3.05) is 31.8 Å². The summed E-state index contributed by atoms with van der Waals surface area (Å²) in [4.78, 5) is 40.7. The number of esters is 1. The third kappa shape index (κ3) is 9.25. The monoisotopic (exact) mass is 629 g/mol. The van der Waals surface area contributed by atoms with Gasteiger partial charge in [0.05, 0.1) is 24.9 Å². The molecule has 0 aliphatic heterocycles. The fourth-order valence-corrected chi connectivity index (χ4v) is 5.45. The van der Waals surface area contributed by atoms with E-state index >= 15 is 0 Å². The number of hydrogen-bond acceptors (Lipinski definition) is 7. The zero-order valence-electron chi connectivity index (χ0n) is 27.9. The number of ether oxygens (including phenoxy) is 4. The van der Waals surface area contributed by atoms with Crippen molar-refractivity contribution in [2.45, 2.75) is 77.9 Å². The predicted octanol–water partition coefficient (Wildman–Crippen LogP) is 6.66. The van der Waals surface area contributed by atoms with E-state index in [2.05, 4.69) is 17.4 Å². The Kier molecular flexibility index (Phi) is 11.0. The maximum Gasteiger partial charge on any atom is 0.408 e. The van der Waals surface area contributed by atoms with E-state index in [0.717, 1.165) is 24.8 Å². The number of fused-ring (bicyclic) bond motifs is 1. The molecule has 1 radical (unpaired) electrons. The first-order chi connectivity index (χ1) is 21.8. The highest BCUT2D eigenvalue weighted by Gasteiger charge is 2.30. The van der Waals surface area contributed by atoms with Crippen LogP contribution in [0.25, 0.3) is 0 Å². The second-order valence-electron chi connectivity index (χ2n) is 13.1. The van der Waals surface area contributed by atoms with Crippen LogP contribution < -0.4 is 19.7 Å². The van der Waals surface area contributed by atoms with Crippen molar-refractivity contribution in [3.8, 4) is 11.5 Å². The summed E-state index contributed by atoms with van der Waals surface area (Å²) in [6, 6.07) is 21.7. The third-order valence-electron chi connectivity index (χ3n) is 7.63. The number of carbonyl (C=O) groups is 3. The molecular weight excluding hydrogens is 584 g/mol. The minimum atomic E-state index is -0.714. The van der Waals surface area contributed by atoms with Gasteiger partial charge in [-0.1, -0.05) is 24.3 Å². The number of benzene rings is 3. The Labute approximate surface area is 272 Å². The number of nitrogens with zero attached hydrogens (tertiary/aromatic N) is 1. The predicted molar refractivity (Wildman–Crippen MR) is 177 cm³/mol. The number of anilines is 1. The van der Waals surface area contributed by atoms with Gasteiger partial charge in [0.1, 0.15) is 30.3 Å². The van der Waals surface area contributed by atoms with E-state index in [0.29, 0.717) is 22.7 Å². The van der Waals surface area contributed by atoms with Gasteiger partial charge in [-0.3, -0.25) is 14.5 Å². The van der Waals surface area contributed by atoms with Gasteiger partial charge in [-0.15, -0.1) is 0 Å². The normalized spacial score (nSPS) is 14.5. The maximum absolute atomic E-state index is 14.2. The zero-order chi connectivity index (χ0) is 33.5. The van der Waals surface area contributed by atoms with Crippen molar-refractivity contribution in [2.24, 2.45) is 0 Å². The second-order valence-corrected chi connectivity index (χ2v) is 13.1. The van der Waals surface area contributed by atoms with Crippen molar-refractivity contribution in [1.29, 1.82) is 0 Å². The highest BCUT2D eigenvalue weighted by Crippen LogP contribution is 2.39. The first-order valence-corrected chi connectivity index (χ1v) is 15.7. The zero-order valence-corrected chi connectivity index (χ0v) is 27.9. The molecule has 0 bridgehead atoms. The molecule has 0 saturated heterocycles. The Bertz CT molecular complexity index is 1530. The van der Waals surface area contributed by atoms with Crippen molar-refractivity contribution in [1.82, 2.24) is 5.32 Å². The molecule has 3 aromatic rings. The van der Waals surface area contributed by atoms with Gasteiger partial charge in [-0.05, 0) is 120 Å². The van der Waals surface area contributed by atoms with Gasteiger partial charge in [0.2, 0.25) is 0 Å². The Morgan fingerprint density at radius 1 is 0.978 bits per heavy atom. The number of carbonyl (C=O) groups excluding carboxylic acids is 3. The van der Waals surface area contributed by atoms with Gasteiger partial charge in [0.15, 0.2) is 0 Å². The third-order valence-corrected chi connectivity index (χ3v) is 7.63. The number of methoxy groups -OCH3 is 1. The van der Waals surface area contributed by atoms with E-state index in [1.54, 1.807) is 59.1 Å². The lowest BCUT2D eigenvalue weighted by Gasteiger charge is -2.31. The summed E-state index contributed by atoms with van der Waals surface area (Å²) in [7, 11) is 1.58. The highest BCUT2D eigenvalue weighted by molar-refractivity contribution is 6.09. The molecule has 46 heavy (non-hydrogen) atoms. The maximum atomic E-state index is 14.2. The smallest absolute Gasteiger partial charge is 0.408 e. The van der Waals surface area contributed by atoms with E-state index in [-0.39, 0.29) is 31.6 Å². The number of rotatable bonds is 11. The lowest BCUT2D eigenvalue weighted by Crippen LogP contribution is -2.49. The molecule has 1 aliphatic rings. The van der Waals surface area contributed by atoms with Crippen LogP contribution in [0.1, 0.15) is 80.9 Å². The molecule has 0 aromatic heterocycles. The SMILES string of the molecule is CCOC(=O)CN(C(=O)c1ccc(OCC(C)(C)NC(=O)OC(C)(C)C)cc1)c1cc(OC)ccc1[C@@H]1CCc2c[c]ccc2C1. The topological polar surface area (TPSA) is 103 Å². The molecule has 0 spiro atoms. The minimum Gasteiger partial charge on any atom is -0.497 e. The summed E-state index contributed by atoms with van der Waals surface area (Å²) >= 11 is 0. The van der Waals surface area contributed by atoms with E-state index < -0.39 is 23.2 Å². The van der Waals surface area contributed by atoms with Gasteiger partial charge in [-0.25, -0.2) is 4.79 Å². The standard InChI is InChI=1S/C37H45N2O7/c1-8-44-33(40)23-39(32-22-30(43-7)19-20-31(32)28-14-13-25-11-9-10-12-27(25)21-28)34(41)26-15-17-29(18-16-26)45-24-37(5,6)38-35(42)46-36(2,3)4/h10-12,15-20,22,28H,8,13-14,21,23-24H2,1-7H3,(H,38,42)/t28-/m1/s1. The molecule has 0 fully saturated rings. The first-order valence-electron chi connectivity index (χ1n) is 15.7. The average molecular weight is 630 g/mol. The fraction of sp³-hybridized carbons (Fsp3) is 0.432. The van der Waals surface area contributed by atoms with Gasteiger partial charge in [0.25, 0.3) is 5.91 Å². The first kappa shape index (κ1) is 34.3. The Morgan fingerprint density at radius 2 is 1.70 bits per heavy atom. The summed E-state index contributed by atoms with van der Waals surface area (Å²) in [5.74, 6) is 0.382. The largest absolute Gasteiger partial charge is 0.497 e. The quantitative estimate of drug-likeness (QED) is 0.237. The van der Waals surface area contributed by atoms with Gasteiger partial charge < -0.3 is 24.3 Å². The van der Waals surface area contributed by atoms with Crippen LogP contribution in [-0.2, 0) is 27.1 Å². The van der Waals surface area contributed by atoms with Crippen LogP contribution in [-0.4, -0.2) is 56.0 Å². The molecule has 2 amide bonds. The van der Waals surface area contributed by atoms with E-state index in [9.17, 15) is 14.4 Å². The van der Waals surface area contributed by atoms with Crippen LogP contribution >= 0.6 is 0 Å². The number of aryl methyl sites for hydroxylation is 1. The molecule has 1 N–H and O–H groups in total. The van der Waals surface area contributed by atoms with E-state index in [4.69, 9.17) is 18.9 Å². The van der Waals surface area contributed by atoms with Crippen molar-refractivity contribution < 1.29 is 33.3 Å². The Hall–Kier alpha value is -4.53. The fourth-order valence-electron chi connectivity index (χ4n) is 5.45. The number of nitrogens with one attached hydrogen (secondary N) is 1. The molecule has 9 nitrogen and oxygen atoms in total. The van der Waals surface area contributed by atoms with Crippen molar-refractivity contribution in [3.05, 3.63) is 89.0 Å². The lowest BCUT2D eigenvalue weighted by atomic mass is 9.79. The molecular formula is C37H45N2O7. The molecule has 9 heteroatoms. The number of hydrogen-bond donors (Lipinski definition) is 1. The number of amides is 2. The Morgan fingerprint density at radius 3 is 2.37 bits per heavy atom. The van der Waals surface area contributed by atoms with Crippen molar-refractivity contribution in [3.63, 3.8) is 0 Å². The molecule has 0 heterocycles. The average Bonchev–Trinajstić information content (AvgIpc) is 3.01. The summed E-state index contributed by atoms with van der Waals surface area (Å²) < 4.78 is 22.1. The summed E-state index contributed by atoms with van der Waals surface area (Å²) in [6.45, 7) is 10.9. The van der Waals surface area contributed by atoms with E-state index in [1.165, 1.54) is 16.0 Å². The van der Waals surface area contributed by atoms with Gasteiger partial charge >= 0.3 is 12.1 Å². The van der Waals surface area contributed by atoms with Crippen LogP contribution in [0.4, 0.5) is 10.5 Å². The highest BCUT2D eigenvalue weighted by atomic mass is 16.6.